The van der Waals surface area contributed by atoms with Crippen molar-refractivity contribution >= 4 is 52.1 Å². The lowest BCUT2D eigenvalue weighted by Gasteiger charge is -2.36. The Morgan fingerprint density at radius 1 is 0.877 bits per heavy atom. The van der Waals surface area contributed by atoms with Crippen LogP contribution in [0.15, 0.2) is 66.9 Å². The maximum Gasteiger partial charge on any atom is 0.425 e. The number of carbonyl (C=O) groups excluding carboxylic acids is 2. The second-order valence-corrected chi connectivity index (χ2v) is 23.0. The average Bonchev–Trinajstić information content (AvgIpc) is 4.07. The highest BCUT2D eigenvalue weighted by Gasteiger charge is 2.50. The molecule has 23 heteroatoms. The zero-order chi connectivity index (χ0) is 58.5. The molecule has 0 saturated carbocycles. The molecular weight excluding hydrogens is 1080 g/mol. The lowest BCUT2D eigenvalue weighted by molar-refractivity contribution is -0.137. The van der Waals surface area contributed by atoms with Crippen molar-refractivity contribution in [3.05, 3.63) is 106 Å². The van der Waals surface area contributed by atoms with Gasteiger partial charge in [-0.15, -0.1) is 0 Å². The van der Waals surface area contributed by atoms with Crippen LogP contribution in [0.1, 0.15) is 109 Å². The monoisotopic (exact) mass is 1150 g/mol. The van der Waals surface area contributed by atoms with Crippen molar-refractivity contribution < 1.29 is 60.0 Å². The van der Waals surface area contributed by atoms with Gasteiger partial charge in [0.25, 0.3) is 0 Å². The van der Waals surface area contributed by atoms with Crippen molar-refractivity contribution in [2.24, 2.45) is 0 Å². The van der Waals surface area contributed by atoms with Gasteiger partial charge in [0, 0.05) is 43.4 Å². The Balaban J connectivity index is 1.25. The van der Waals surface area contributed by atoms with Gasteiger partial charge in [-0.25, -0.2) is 33.3 Å². The molecule has 0 radical (unpaired) electrons. The van der Waals surface area contributed by atoms with Crippen LogP contribution < -0.4 is 33.6 Å². The van der Waals surface area contributed by atoms with E-state index in [2.05, 4.69) is 19.9 Å². The van der Waals surface area contributed by atoms with E-state index >= 15 is 22.0 Å². The normalized spacial score (nSPS) is 18.7. The standard InChI is InChI=1S/C58H65ClF5N9O8/c1-32-30-78-51-42-47(45(61)46(67-51)41-43(58(62,63)64)33(2)66-50(44(41)59)70(27-35-15-19-38(76-10)20-16-35)28-36-17-21-39(77-11)22-18-36)68-52(79-31-57-23-13-25-71(57)29-37(60)26-57)69-49(42)72(32)34(3)40-14-12-24-65-48(40)73(53(74)80-55(4,5)6)54(75)81-56(7,8)9/h12,14-22,24,32,34,37H,13,23,25-31H2,1-11H3/t32-,34+,37+,57-/m0/s1. The van der Waals surface area contributed by atoms with Crippen molar-refractivity contribution in [2.45, 2.75) is 136 Å². The molecule has 2 aromatic carbocycles. The van der Waals surface area contributed by atoms with Gasteiger partial charge in [-0.2, -0.15) is 28.0 Å². The van der Waals surface area contributed by atoms with Gasteiger partial charge in [0.15, 0.2) is 11.6 Å². The van der Waals surface area contributed by atoms with Crippen LogP contribution in [0.2, 0.25) is 5.02 Å². The molecule has 0 bridgehead atoms. The topological polar surface area (TPSA) is 167 Å². The highest BCUT2D eigenvalue weighted by atomic mass is 35.5. The number of anilines is 3. The van der Waals surface area contributed by atoms with Gasteiger partial charge in [0.1, 0.15) is 70.3 Å². The summed E-state index contributed by atoms with van der Waals surface area (Å²) in [4.78, 5) is 57.5. The van der Waals surface area contributed by atoms with Crippen LogP contribution in [-0.4, -0.2) is 111 Å². The molecule has 2 amide bonds. The average molecular weight is 1150 g/mol. The molecule has 81 heavy (non-hydrogen) atoms. The lowest BCUT2D eigenvalue weighted by Crippen LogP contribution is -2.45. The molecule has 3 aliphatic rings. The summed E-state index contributed by atoms with van der Waals surface area (Å²) in [6.07, 6.45) is -5.53. The number of methoxy groups -OCH3 is 2. The Morgan fingerprint density at radius 3 is 2.05 bits per heavy atom. The molecule has 17 nitrogen and oxygen atoms in total. The number of fused-ring (bicyclic) bond motifs is 1. The second kappa shape index (κ2) is 22.5. The zero-order valence-corrected chi connectivity index (χ0v) is 47.8. The number of amides is 2. The molecule has 4 aromatic heterocycles. The summed E-state index contributed by atoms with van der Waals surface area (Å²) in [5.74, 6) is -0.832. The Morgan fingerprint density at radius 2 is 1.48 bits per heavy atom. The largest absolute Gasteiger partial charge is 0.497 e. The molecule has 6 aromatic rings. The van der Waals surface area contributed by atoms with E-state index in [-0.39, 0.29) is 79.6 Å². The molecule has 0 N–H and O–H groups in total. The summed E-state index contributed by atoms with van der Waals surface area (Å²) in [7, 11) is 3.05. The first-order valence-electron chi connectivity index (χ1n) is 26.5. The smallest absolute Gasteiger partial charge is 0.425 e. The van der Waals surface area contributed by atoms with Gasteiger partial charge >= 0.3 is 24.4 Å². The van der Waals surface area contributed by atoms with Crippen LogP contribution in [0, 0.1) is 12.7 Å². The van der Waals surface area contributed by atoms with Crippen LogP contribution >= 0.6 is 11.6 Å². The molecule has 2 saturated heterocycles. The number of imide groups is 1. The number of hydrogen-bond acceptors (Lipinski definition) is 16. The van der Waals surface area contributed by atoms with E-state index in [1.807, 2.05) is 4.90 Å². The summed E-state index contributed by atoms with van der Waals surface area (Å²) >= 11 is 7.30. The Kier molecular flexibility index (Phi) is 16.2. The minimum atomic E-state index is -5.16. The number of halogens is 6. The molecule has 2 fully saturated rings. The summed E-state index contributed by atoms with van der Waals surface area (Å²) < 4.78 is 116. The number of aryl methyl sites for hydroxylation is 1. The summed E-state index contributed by atoms with van der Waals surface area (Å²) in [5.41, 5.74) is -5.25. The number of pyridine rings is 3. The first-order chi connectivity index (χ1) is 38.2. The van der Waals surface area contributed by atoms with Crippen LogP contribution in [0.25, 0.3) is 22.2 Å². The SMILES string of the molecule is COc1ccc(CN(Cc2ccc(OC)cc2)c2nc(C)c(C(F)(F)F)c(-c3nc4c5c(nc(OC[C@@]67CCCN6C[C@H](F)C7)nc5c3F)N([C@H](C)c3cccnc3N(C(=O)OC(C)(C)C)C(=O)OC(C)(C)C)[C@@H](C)CO4)c2Cl)cc1. The van der Waals surface area contributed by atoms with E-state index in [4.69, 9.17) is 45.0 Å². The molecule has 0 aliphatic carbocycles. The fourth-order valence-corrected chi connectivity index (χ4v) is 11.2. The number of nitrogens with zero attached hydrogens (tertiary/aromatic N) is 9. The maximum atomic E-state index is 18.5. The molecule has 0 spiro atoms. The predicted octanol–water partition coefficient (Wildman–Crippen LogP) is 12.8. The third-order valence-electron chi connectivity index (χ3n) is 14.4. The zero-order valence-electron chi connectivity index (χ0n) is 47.0. The Labute approximate surface area is 471 Å². The Hall–Kier alpha value is -7.33. The molecule has 7 heterocycles. The van der Waals surface area contributed by atoms with Crippen LogP contribution in [0.4, 0.5) is 49.0 Å². The number of carbonyl (C=O) groups is 2. The second-order valence-electron chi connectivity index (χ2n) is 22.6. The van der Waals surface area contributed by atoms with E-state index in [0.29, 0.717) is 29.4 Å². The summed E-state index contributed by atoms with van der Waals surface area (Å²) in [6.45, 7) is 15.1. The number of hydrogen-bond donors (Lipinski definition) is 0. The van der Waals surface area contributed by atoms with Crippen molar-refractivity contribution in [3.63, 3.8) is 0 Å². The van der Waals surface area contributed by atoms with Gasteiger partial charge in [-0.05, 0) is 123 Å². The van der Waals surface area contributed by atoms with Crippen molar-refractivity contribution in [1.29, 1.82) is 0 Å². The third kappa shape index (κ3) is 12.2. The first-order valence-corrected chi connectivity index (χ1v) is 26.9. The van der Waals surface area contributed by atoms with Gasteiger partial charge in [-0.3, -0.25) is 4.90 Å². The number of ether oxygens (including phenoxy) is 6. The third-order valence-corrected chi connectivity index (χ3v) is 14.7. The molecular formula is C58H65ClF5N9O8. The predicted molar refractivity (Wildman–Crippen MR) is 295 cm³/mol. The molecule has 0 unspecified atom stereocenters. The number of alkyl halides is 4. The highest BCUT2D eigenvalue weighted by molar-refractivity contribution is 6.36. The maximum absolute atomic E-state index is 18.5. The van der Waals surface area contributed by atoms with Gasteiger partial charge in [-0.1, -0.05) is 41.9 Å². The van der Waals surface area contributed by atoms with Gasteiger partial charge < -0.3 is 38.2 Å². The van der Waals surface area contributed by atoms with E-state index in [1.54, 1.807) is 126 Å². The summed E-state index contributed by atoms with van der Waals surface area (Å²) in [5, 5.41) is -0.718. The van der Waals surface area contributed by atoms with E-state index in [0.717, 1.165) is 17.5 Å². The molecule has 9 rings (SSSR count). The van der Waals surface area contributed by atoms with Crippen LogP contribution in [-0.2, 0) is 28.7 Å². The molecule has 4 atom stereocenters. The van der Waals surface area contributed by atoms with Gasteiger partial charge in [0.05, 0.1) is 48.1 Å². The minimum Gasteiger partial charge on any atom is -0.497 e. The molecule has 432 valence electrons. The van der Waals surface area contributed by atoms with Crippen LogP contribution in [0.5, 0.6) is 23.4 Å². The van der Waals surface area contributed by atoms with Crippen molar-refractivity contribution in [1.82, 2.24) is 29.8 Å². The van der Waals surface area contributed by atoms with Crippen molar-refractivity contribution in [2.75, 3.05) is 55.2 Å². The summed E-state index contributed by atoms with van der Waals surface area (Å²) in [6, 6.07) is 15.3. The number of aromatic nitrogens is 5. The van der Waals surface area contributed by atoms with Gasteiger partial charge in [0.2, 0.25) is 5.88 Å². The number of benzene rings is 2. The van der Waals surface area contributed by atoms with E-state index in [9.17, 15) is 9.59 Å². The van der Waals surface area contributed by atoms with E-state index in [1.165, 1.54) is 27.3 Å². The van der Waals surface area contributed by atoms with Crippen molar-refractivity contribution in [3.8, 4) is 34.6 Å². The molecule has 3 aliphatic heterocycles. The highest BCUT2D eigenvalue weighted by Crippen LogP contribution is 2.50. The fraction of sp³-hybridized carbons (Fsp3) is 0.466. The first kappa shape index (κ1) is 58.3. The Bertz CT molecular complexity index is 3250. The minimum absolute atomic E-state index is 0.0363. The van der Waals surface area contributed by atoms with E-state index < -0.39 is 92.2 Å². The fourth-order valence-electron chi connectivity index (χ4n) is 10.8. The lowest BCUT2D eigenvalue weighted by atomic mass is 9.95. The quantitative estimate of drug-likeness (QED) is 0.0944. The number of rotatable bonds is 14. The van der Waals surface area contributed by atoms with Crippen LogP contribution in [0.3, 0.4) is 0 Å².